The smallest absolute Gasteiger partial charge is 0.137 e. The molecule has 0 amide bonds. The summed E-state index contributed by atoms with van der Waals surface area (Å²) in [6, 6.07) is 0.243. The normalized spacial score (nSPS) is 34.6. The summed E-state index contributed by atoms with van der Waals surface area (Å²) in [4.78, 5) is 12.3. The first kappa shape index (κ1) is 7.69. The maximum atomic E-state index is 10.4. The Labute approximate surface area is 60.6 Å². The predicted octanol–water partition coefficient (Wildman–Crippen LogP) is -0.360. The Morgan fingerprint density at radius 1 is 1.70 bits per heavy atom. The molecule has 1 rings (SSSR count). The van der Waals surface area contributed by atoms with Gasteiger partial charge in [-0.1, -0.05) is 0 Å². The summed E-state index contributed by atoms with van der Waals surface area (Å²) in [6.07, 6.45) is 2.79. The van der Waals surface area contributed by atoms with E-state index in [0.717, 1.165) is 19.1 Å². The maximum Gasteiger partial charge on any atom is 0.137 e. The fourth-order valence-electron chi connectivity index (χ4n) is 1.43. The van der Waals surface area contributed by atoms with Crippen molar-refractivity contribution in [2.24, 2.45) is 0 Å². The van der Waals surface area contributed by atoms with Gasteiger partial charge in [-0.15, -0.1) is 0 Å². The number of carbonyl (C=O) groups excluding carboxylic acids is 1. The Morgan fingerprint density at radius 2 is 2.40 bits per heavy atom. The van der Waals surface area contributed by atoms with Gasteiger partial charge in [-0.25, -0.2) is 0 Å². The van der Waals surface area contributed by atoms with Crippen molar-refractivity contribution in [3.05, 3.63) is 0 Å². The second-order valence-corrected chi connectivity index (χ2v) is 2.78. The second kappa shape index (κ2) is 3.12. The lowest BCUT2D eigenvalue weighted by molar-refractivity contribution is -0.111. The second-order valence-electron chi connectivity index (χ2n) is 2.78. The third-order valence-corrected chi connectivity index (χ3v) is 2.26. The molecule has 10 heavy (non-hydrogen) atoms. The molecule has 1 unspecified atom stereocenters. The van der Waals surface area contributed by atoms with E-state index in [9.17, 15) is 4.79 Å². The van der Waals surface area contributed by atoms with Gasteiger partial charge in [-0.3, -0.25) is 4.90 Å². The first-order chi connectivity index (χ1) is 4.79. The van der Waals surface area contributed by atoms with Crippen LogP contribution in [0.4, 0.5) is 0 Å². The third-order valence-electron chi connectivity index (χ3n) is 2.26. The number of hydrogen-bond donors (Lipinski definition) is 1. The average Bonchev–Trinajstić information content (AvgIpc) is 2.30. The van der Waals surface area contributed by atoms with E-state index in [1.165, 1.54) is 0 Å². The van der Waals surface area contributed by atoms with Crippen LogP contribution in [0.1, 0.15) is 12.8 Å². The zero-order valence-corrected chi connectivity index (χ0v) is 6.16. The van der Waals surface area contributed by atoms with E-state index in [4.69, 9.17) is 5.11 Å². The molecule has 1 heterocycles. The highest BCUT2D eigenvalue weighted by molar-refractivity contribution is 5.58. The molecule has 1 fully saturated rings. The molecule has 1 N–H and O–H groups in total. The van der Waals surface area contributed by atoms with Crippen LogP contribution in [0, 0.1) is 0 Å². The summed E-state index contributed by atoms with van der Waals surface area (Å²) in [5.74, 6) is 0. The van der Waals surface area contributed by atoms with Crippen LogP contribution in [-0.4, -0.2) is 42.0 Å². The molecule has 3 nitrogen and oxygen atoms in total. The summed E-state index contributed by atoms with van der Waals surface area (Å²) >= 11 is 0. The van der Waals surface area contributed by atoms with Gasteiger partial charge >= 0.3 is 0 Å². The predicted molar refractivity (Wildman–Crippen MR) is 37.7 cm³/mol. The standard InChI is InChI=1S/C7H13NO2/c1-8-6(4-9)2-3-7(8)5-10/h4,6-7,10H,2-3,5H2,1H3/t6?,7-/m0/s1. The topological polar surface area (TPSA) is 40.5 Å². The molecule has 1 aliphatic heterocycles. The van der Waals surface area contributed by atoms with E-state index < -0.39 is 0 Å². The molecule has 0 aromatic carbocycles. The van der Waals surface area contributed by atoms with Gasteiger partial charge in [0, 0.05) is 6.04 Å². The molecule has 1 aliphatic rings. The van der Waals surface area contributed by atoms with Crippen LogP contribution in [0.3, 0.4) is 0 Å². The van der Waals surface area contributed by atoms with Crippen molar-refractivity contribution in [2.75, 3.05) is 13.7 Å². The van der Waals surface area contributed by atoms with Gasteiger partial charge in [0.15, 0.2) is 0 Å². The minimum Gasteiger partial charge on any atom is -0.395 e. The van der Waals surface area contributed by atoms with Crippen molar-refractivity contribution in [1.29, 1.82) is 0 Å². The highest BCUT2D eigenvalue weighted by Gasteiger charge is 2.28. The van der Waals surface area contributed by atoms with Crippen LogP contribution in [0.25, 0.3) is 0 Å². The quantitative estimate of drug-likeness (QED) is 0.537. The van der Waals surface area contributed by atoms with Crippen molar-refractivity contribution in [3.63, 3.8) is 0 Å². The van der Waals surface area contributed by atoms with E-state index >= 15 is 0 Å². The van der Waals surface area contributed by atoms with E-state index in [-0.39, 0.29) is 18.7 Å². The summed E-state index contributed by atoms with van der Waals surface area (Å²) in [6.45, 7) is 0.167. The van der Waals surface area contributed by atoms with Gasteiger partial charge in [0.2, 0.25) is 0 Å². The Bertz CT molecular complexity index is 127. The van der Waals surface area contributed by atoms with Crippen molar-refractivity contribution >= 4 is 6.29 Å². The molecule has 0 saturated carbocycles. The van der Waals surface area contributed by atoms with Crippen LogP contribution < -0.4 is 0 Å². The Morgan fingerprint density at radius 3 is 2.70 bits per heavy atom. The number of likely N-dealkylation sites (tertiary alicyclic amines) is 1. The molecular weight excluding hydrogens is 130 g/mol. The molecule has 0 spiro atoms. The third kappa shape index (κ3) is 1.20. The number of rotatable bonds is 2. The molecule has 1 saturated heterocycles. The molecule has 3 heteroatoms. The minimum absolute atomic E-state index is 0.0390. The summed E-state index contributed by atoms with van der Waals surface area (Å²) < 4.78 is 0. The lowest BCUT2D eigenvalue weighted by Crippen LogP contribution is -2.35. The number of aldehydes is 1. The van der Waals surface area contributed by atoms with E-state index in [0.29, 0.717) is 0 Å². The molecule has 2 atom stereocenters. The molecule has 0 bridgehead atoms. The van der Waals surface area contributed by atoms with Crippen molar-refractivity contribution < 1.29 is 9.90 Å². The summed E-state index contributed by atoms with van der Waals surface area (Å²) in [5.41, 5.74) is 0. The maximum absolute atomic E-state index is 10.4. The van der Waals surface area contributed by atoms with Crippen LogP contribution in [0.2, 0.25) is 0 Å². The number of aliphatic hydroxyl groups is 1. The van der Waals surface area contributed by atoms with E-state index in [2.05, 4.69) is 0 Å². The highest BCUT2D eigenvalue weighted by atomic mass is 16.3. The molecule has 0 aromatic rings. The van der Waals surface area contributed by atoms with Crippen molar-refractivity contribution in [3.8, 4) is 0 Å². The first-order valence-corrected chi connectivity index (χ1v) is 3.57. The van der Waals surface area contributed by atoms with Crippen LogP contribution >= 0.6 is 0 Å². The monoisotopic (exact) mass is 143 g/mol. The number of nitrogens with zero attached hydrogens (tertiary/aromatic N) is 1. The Balaban J connectivity index is 2.48. The van der Waals surface area contributed by atoms with Crippen LogP contribution in [0.15, 0.2) is 0 Å². The molecule has 58 valence electrons. The zero-order chi connectivity index (χ0) is 7.56. The van der Waals surface area contributed by atoms with Gasteiger partial charge in [0.1, 0.15) is 6.29 Å². The Kier molecular flexibility index (Phi) is 2.40. The highest BCUT2D eigenvalue weighted by Crippen LogP contribution is 2.19. The average molecular weight is 143 g/mol. The fraction of sp³-hybridized carbons (Fsp3) is 0.857. The van der Waals surface area contributed by atoms with Gasteiger partial charge in [-0.05, 0) is 19.9 Å². The largest absolute Gasteiger partial charge is 0.395 e. The number of aliphatic hydroxyl groups excluding tert-OH is 1. The summed E-state index contributed by atoms with van der Waals surface area (Å²) in [5, 5.41) is 8.79. The van der Waals surface area contributed by atoms with Gasteiger partial charge in [-0.2, -0.15) is 0 Å². The lowest BCUT2D eigenvalue weighted by atomic mass is 10.2. The SMILES string of the molecule is CN1C(C=O)CC[C@H]1CO. The zero-order valence-electron chi connectivity index (χ0n) is 6.16. The van der Waals surface area contributed by atoms with Crippen LogP contribution in [-0.2, 0) is 4.79 Å². The minimum atomic E-state index is 0.0390. The van der Waals surface area contributed by atoms with Crippen molar-refractivity contribution in [2.45, 2.75) is 24.9 Å². The molecular formula is C7H13NO2. The van der Waals surface area contributed by atoms with Crippen LogP contribution in [0.5, 0.6) is 0 Å². The van der Waals surface area contributed by atoms with E-state index in [1.807, 2.05) is 11.9 Å². The molecule has 0 aliphatic carbocycles. The fourth-order valence-corrected chi connectivity index (χ4v) is 1.43. The molecule has 0 aromatic heterocycles. The van der Waals surface area contributed by atoms with Gasteiger partial charge in [0.25, 0.3) is 0 Å². The van der Waals surface area contributed by atoms with Gasteiger partial charge < -0.3 is 9.90 Å². The first-order valence-electron chi connectivity index (χ1n) is 3.57. The van der Waals surface area contributed by atoms with Crippen molar-refractivity contribution in [1.82, 2.24) is 4.90 Å². The molecule has 0 radical (unpaired) electrons. The number of carbonyl (C=O) groups is 1. The number of hydrogen-bond acceptors (Lipinski definition) is 3. The number of likely N-dealkylation sites (N-methyl/N-ethyl adjacent to an activating group) is 1. The lowest BCUT2D eigenvalue weighted by Gasteiger charge is -2.19. The van der Waals surface area contributed by atoms with Gasteiger partial charge in [0.05, 0.1) is 12.6 Å². The summed E-state index contributed by atoms with van der Waals surface area (Å²) in [7, 11) is 1.88. The Hall–Kier alpha value is -0.410. The van der Waals surface area contributed by atoms with E-state index in [1.54, 1.807) is 0 Å².